The molecule has 0 aromatic carbocycles. The molecule has 3 rings (SSSR count). The molecule has 3 heterocycles. The van der Waals surface area contributed by atoms with E-state index in [1.807, 2.05) is 6.07 Å². The van der Waals surface area contributed by atoms with Crippen molar-refractivity contribution in [1.29, 1.82) is 0 Å². The number of nitrogens with one attached hydrogen (secondary N) is 1. The van der Waals surface area contributed by atoms with Crippen LogP contribution in [-0.4, -0.2) is 40.5 Å². The molecule has 4 nitrogen and oxygen atoms in total. The van der Waals surface area contributed by atoms with Crippen LogP contribution in [0.25, 0.3) is 0 Å². The van der Waals surface area contributed by atoms with E-state index in [0.717, 1.165) is 40.8 Å². The summed E-state index contributed by atoms with van der Waals surface area (Å²) in [4.78, 5) is 11.6. The molecule has 2 bridgehead atoms. The zero-order valence-electron chi connectivity index (χ0n) is 13.1. The third-order valence-electron chi connectivity index (χ3n) is 5.00. The van der Waals surface area contributed by atoms with E-state index in [4.69, 9.17) is 0 Å². The minimum atomic E-state index is 0.349. The predicted molar refractivity (Wildman–Crippen MR) is 89.6 cm³/mol. The molecule has 116 valence electrons. The van der Waals surface area contributed by atoms with Crippen molar-refractivity contribution in [2.24, 2.45) is 5.92 Å². The molecule has 2 aliphatic heterocycles. The molecule has 0 saturated carbocycles. The molecule has 1 aromatic rings. The molecule has 1 N–H and O–H groups in total. The first kappa shape index (κ1) is 15.2. The van der Waals surface area contributed by atoms with Gasteiger partial charge >= 0.3 is 0 Å². The average Bonchev–Trinajstić information content (AvgIpc) is 2.66. The second-order valence-electron chi connectivity index (χ2n) is 6.86. The third kappa shape index (κ3) is 3.39. The SMILES string of the molecule is CC(C)c1nc(Br)cc(NCC2CC3CCC(C2)N3C)n1. The van der Waals surface area contributed by atoms with Gasteiger partial charge in [-0.15, -0.1) is 0 Å². The number of anilines is 1. The number of piperidine rings is 1. The summed E-state index contributed by atoms with van der Waals surface area (Å²) in [7, 11) is 2.29. The quantitative estimate of drug-likeness (QED) is 0.839. The molecule has 2 fully saturated rings. The van der Waals surface area contributed by atoms with E-state index in [-0.39, 0.29) is 0 Å². The van der Waals surface area contributed by atoms with Crippen molar-refractivity contribution < 1.29 is 0 Å². The number of hydrogen-bond acceptors (Lipinski definition) is 4. The van der Waals surface area contributed by atoms with Crippen molar-refractivity contribution in [3.8, 4) is 0 Å². The van der Waals surface area contributed by atoms with Gasteiger partial charge in [0.05, 0.1) is 0 Å². The van der Waals surface area contributed by atoms with Crippen LogP contribution in [0.5, 0.6) is 0 Å². The van der Waals surface area contributed by atoms with Gasteiger partial charge in [-0.2, -0.15) is 0 Å². The van der Waals surface area contributed by atoms with Gasteiger partial charge in [0.1, 0.15) is 16.2 Å². The Morgan fingerprint density at radius 1 is 1.29 bits per heavy atom. The zero-order valence-corrected chi connectivity index (χ0v) is 14.7. The van der Waals surface area contributed by atoms with Gasteiger partial charge in [-0.1, -0.05) is 13.8 Å². The lowest BCUT2D eigenvalue weighted by molar-refractivity contribution is 0.139. The number of aromatic nitrogens is 2. The highest BCUT2D eigenvalue weighted by molar-refractivity contribution is 9.10. The van der Waals surface area contributed by atoms with Crippen molar-refractivity contribution in [2.45, 2.75) is 57.5 Å². The van der Waals surface area contributed by atoms with Gasteiger partial charge < -0.3 is 10.2 Å². The van der Waals surface area contributed by atoms with E-state index in [1.165, 1.54) is 25.7 Å². The van der Waals surface area contributed by atoms with Crippen LogP contribution < -0.4 is 5.32 Å². The van der Waals surface area contributed by atoms with E-state index in [9.17, 15) is 0 Å². The van der Waals surface area contributed by atoms with E-state index in [0.29, 0.717) is 5.92 Å². The number of fused-ring (bicyclic) bond motifs is 2. The van der Waals surface area contributed by atoms with Crippen molar-refractivity contribution in [1.82, 2.24) is 14.9 Å². The van der Waals surface area contributed by atoms with Gasteiger partial charge in [0.15, 0.2) is 0 Å². The summed E-state index contributed by atoms with van der Waals surface area (Å²) in [6.07, 6.45) is 5.41. The number of hydrogen-bond donors (Lipinski definition) is 1. The summed E-state index contributed by atoms with van der Waals surface area (Å²) in [5.74, 6) is 2.97. The number of halogens is 1. The molecule has 0 aliphatic carbocycles. The minimum absolute atomic E-state index is 0.349. The Balaban J connectivity index is 1.61. The highest BCUT2D eigenvalue weighted by atomic mass is 79.9. The van der Waals surface area contributed by atoms with Crippen molar-refractivity contribution in [2.75, 3.05) is 18.9 Å². The van der Waals surface area contributed by atoms with Crippen LogP contribution >= 0.6 is 15.9 Å². The predicted octanol–water partition coefficient (Wildman–Crippen LogP) is 3.65. The first-order chi connectivity index (χ1) is 10.0. The lowest BCUT2D eigenvalue weighted by atomic mass is 9.91. The van der Waals surface area contributed by atoms with E-state index in [2.05, 4.69) is 57.0 Å². The Morgan fingerprint density at radius 3 is 2.57 bits per heavy atom. The Morgan fingerprint density at radius 2 is 1.95 bits per heavy atom. The van der Waals surface area contributed by atoms with Crippen LogP contribution in [-0.2, 0) is 0 Å². The molecular formula is C16H25BrN4. The first-order valence-electron chi connectivity index (χ1n) is 8.03. The molecule has 2 atom stereocenters. The van der Waals surface area contributed by atoms with Crippen molar-refractivity contribution >= 4 is 21.7 Å². The average molecular weight is 353 g/mol. The number of rotatable bonds is 4. The third-order valence-corrected chi connectivity index (χ3v) is 5.40. The summed E-state index contributed by atoms with van der Waals surface area (Å²) in [5, 5.41) is 3.53. The fourth-order valence-electron chi connectivity index (χ4n) is 3.72. The first-order valence-corrected chi connectivity index (χ1v) is 8.82. The van der Waals surface area contributed by atoms with Gasteiger partial charge in [-0.25, -0.2) is 9.97 Å². The monoisotopic (exact) mass is 352 g/mol. The normalized spacial score (nSPS) is 29.1. The van der Waals surface area contributed by atoms with E-state index in [1.54, 1.807) is 0 Å². The van der Waals surface area contributed by atoms with Crippen LogP contribution in [0, 0.1) is 5.92 Å². The molecule has 21 heavy (non-hydrogen) atoms. The van der Waals surface area contributed by atoms with Crippen molar-refractivity contribution in [3.63, 3.8) is 0 Å². The van der Waals surface area contributed by atoms with E-state index < -0.39 is 0 Å². The van der Waals surface area contributed by atoms with E-state index >= 15 is 0 Å². The summed E-state index contributed by atoms with van der Waals surface area (Å²) in [6, 6.07) is 3.59. The minimum Gasteiger partial charge on any atom is -0.370 e. The molecule has 2 saturated heterocycles. The van der Waals surface area contributed by atoms with Crippen LogP contribution in [0.4, 0.5) is 5.82 Å². The summed E-state index contributed by atoms with van der Waals surface area (Å²) >= 11 is 3.49. The second kappa shape index (κ2) is 6.21. The maximum absolute atomic E-state index is 4.62. The number of nitrogens with zero attached hydrogens (tertiary/aromatic N) is 3. The van der Waals surface area contributed by atoms with Crippen LogP contribution in [0.1, 0.15) is 51.3 Å². The largest absolute Gasteiger partial charge is 0.370 e. The smallest absolute Gasteiger partial charge is 0.134 e. The Hall–Kier alpha value is -0.680. The fraction of sp³-hybridized carbons (Fsp3) is 0.750. The van der Waals surface area contributed by atoms with Crippen LogP contribution in [0.3, 0.4) is 0 Å². The Labute approximate surface area is 135 Å². The molecule has 0 radical (unpaired) electrons. The Bertz CT molecular complexity index is 491. The lowest BCUT2D eigenvalue weighted by Crippen LogP contribution is -2.41. The van der Waals surface area contributed by atoms with Gasteiger partial charge in [0.2, 0.25) is 0 Å². The fourth-order valence-corrected chi connectivity index (χ4v) is 4.12. The lowest BCUT2D eigenvalue weighted by Gasteiger charge is -2.36. The van der Waals surface area contributed by atoms with Crippen LogP contribution in [0.2, 0.25) is 0 Å². The standard InChI is InChI=1S/C16H25BrN4/c1-10(2)16-19-14(17)8-15(20-16)18-9-11-6-12-4-5-13(7-11)21(12)3/h8,10-13H,4-7,9H2,1-3H3,(H,18,19,20). The molecule has 2 aliphatic rings. The maximum atomic E-state index is 4.62. The van der Waals surface area contributed by atoms with Gasteiger partial charge in [0.25, 0.3) is 0 Å². The maximum Gasteiger partial charge on any atom is 0.134 e. The van der Waals surface area contributed by atoms with Gasteiger partial charge in [-0.05, 0) is 54.6 Å². The van der Waals surface area contributed by atoms with Crippen LogP contribution in [0.15, 0.2) is 10.7 Å². The summed E-state index contributed by atoms with van der Waals surface area (Å²) in [6.45, 7) is 5.28. The van der Waals surface area contributed by atoms with Gasteiger partial charge in [-0.3, -0.25) is 0 Å². The van der Waals surface area contributed by atoms with Gasteiger partial charge in [0, 0.05) is 30.6 Å². The van der Waals surface area contributed by atoms with Crippen molar-refractivity contribution in [3.05, 3.63) is 16.5 Å². The summed E-state index contributed by atoms with van der Waals surface area (Å²) in [5.41, 5.74) is 0. The second-order valence-corrected chi connectivity index (χ2v) is 7.67. The molecule has 0 amide bonds. The summed E-state index contributed by atoms with van der Waals surface area (Å²) < 4.78 is 0.868. The highest BCUT2D eigenvalue weighted by Crippen LogP contribution is 2.37. The Kier molecular flexibility index (Phi) is 4.50. The molecule has 0 spiro atoms. The highest BCUT2D eigenvalue weighted by Gasteiger charge is 2.38. The zero-order chi connectivity index (χ0) is 15.0. The topological polar surface area (TPSA) is 41.1 Å². The molecular weight excluding hydrogens is 328 g/mol. The molecule has 2 unspecified atom stereocenters. The molecule has 1 aromatic heterocycles. The molecule has 5 heteroatoms.